The monoisotopic (exact) mass is 241 g/mol. The first kappa shape index (κ1) is 12.3. The SMILES string of the molecule is CC1(C)CNCCN1CC(=O)N1CCOC1=O. The van der Waals surface area contributed by atoms with Gasteiger partial charge in [-0.2, -0.15) is 0 Å². The van der Waals surface area contributed by atoms with Crippen molar-refractivity contribution in [3.05, 3.63) is 0 Å². The summed E-state index contributed by atoms with van der Waals surface area (Å²) in [6.45, 7) is 7.71. The molecule has 2 aliphatic heterocycles. The minimum absolute atomic E-state index is 0.0580. The summed E-state index contributed by atoms with van der Waals surface area (Å²) in [6, 6.07) is 0. The van der Waals surface area contributed by atoms with Crippen molar-refractivity contribution >= 4 is 12.0 Å². The zero-order chi connectivity index (χ0) is 12.5. The van der Waals surface area contributed by atoms with Gasteiger partial charge in [-0.1, -0.05) is 0 Å². The Kier molecular flexibility index (Phi) is 3.35. The second kappa shape index (κ2) is 4.62. The molecule has 0 bridgehead atoms. The Bertz CT molecular complexity index is 330. The fourth-order valence-electron chi connectivity index (χ4n) is 2.18. The van der Waals surface area contributed by atoms with E-state index in [1.54, 1.807) is 0 Å². The zero-order valence-electron chi connectivity index (χ0n) is 10.4. The van der Waals surface area contributed by atoms with Gasteiger partial charge >= 0.3 is 6.09 Å². The fraction of sp³-hybridized carbons (Fsp3) is 0.818. The van der Waals surface area contributed by atoms with Gasteiger partial charge in [-0.15, -0.1) is 0 Å². The van der Waals surface area contributed by atoms with E-state index in [4.69, 9.17) is 4.74 Å². The Morgan fingerprint density at radius 1 is 1.47 bits per heavy atom. The van der Waals surface area contributed by atoms with Crippen LogP contribution in [0.4, 0.5) is 4.79 Å². The lowest BCUT2D eigenvalue weighted by molar-refractivity contribution is -0.130. The molecule has 6 nitrogen and oxygen atoms in total. The fourth-order valence-corrected chi connectivity index (χ4v) is 2.18. The van der Waals surface area contributed by atoms with E-state index >= 15 is 0 Å². The molecule has 0 aromatic heterocycles. The highest BCUT2D eigenvalue weighted by atomic mass is 16.6. The Hall–Kier alpha value is -1.14. The van der Waals surface area contributed by atoms with Gasteiger partial charge < -0.3 is 10.1 Å². The van der Waals surface area contributed by atoms with Gasteiger partial charge in [-0.05, 0) is 13.8 Å². The molecular weight excluding hydrogens is 222 g/mol. The number of hydrogen-bond acceptors (Lipinski definition) is 5. The summed E-state index contributed by atoms with van der Waals surface area (Å²) in [5.74, 6) is -0.164. The third-order valence-corrected chi connectivity index (χ3v) is 3.36. The molecule has 96 valence electrons. The number of imide groups is 1. The minimum atomic E-state index is -0.511. The number of amides is 2. The van der Waals surface area contributed by atoms with E-state index < -0.39 is 6.09 Å². The summed E-state index contributed by atoms with van der Waals surface area (Å²) in [7, 11) is 0. The lowest BCUT2D eigenvalue weighted by Crippen LogP contribution is -2.60. The van der Waals surface area contributed by atoms with Crippen LogP contribution >= 0.6 is 0 Å². The van der Waals surface area contributed by atoms with E-state index in [1.165, 1.54) is 4.90 Å². The smallest absolute Gasteiger partial charge is 0.416 e. The van der Waals surface area contributed by atoms with Crippen molar-refractivity contribution in [1.82, 2.24) is 15.1 Å². The molecule has 1 N–H and O–H groups in total. The van der Waals surface area contributed by atoms with Crippen LogP contribution in [0, 0.1) is 0 Å². The number of hydrogen-bond donors (Lipinski definition) is 1. The molecule has 0 spiro atoms. The second-order valence-corrected chi connectivity index (χ2v) is 5.07. The van der Waals surface area contributed by atoms with E-state index in [2.05, 4.69) is 24.1 Å². The van der Waals surface area contributed by atoms with E-state index in [0.717, 1.165) is 19.6 Å². The van der Waals surface area contributed by atoms with Crippen molar-refractivity contribution in [2.24, 2.45) is 0 Å². The number of cyclic esters (lactones) is 1. The Balaban J connectivity index is 1.95. The zero-order valence-corrected chi connectivity index (χ0v) is 10.4. The molecule has 0 radical (unpaired) electrons. The molecule has 0 saturated carbocycles. The Morgan fingerprint density at radius 3 is 2.82 bits per heavy atom. The van der Waals surface area contributed by atoms with Crippen LogP contribution in [0.3, 0.4) is 0 Å². The van der Waals surface area contributed by atoms with Crippen LogP contribution in [0.25, 0.3) is 0 Å². The number of carbonyl (C=O) groups is 2. The summed E-state index contributed by atoms with van der Waals surface area (Å²) in [4.78, 5) is 26.5. The van der Waals surface area contributed by atoms with Gasteiger partial charge in [0.1, 0.15) is 6.61 Å². The quantitative estimate of drug-likeness (QED) is 0.716. The van der Waals surface area contributed by atoms with Gasteiger partial charge in [0, 0.05) is 25.2 Å². The van der Waals surface area contributed by atoms with Crippen molar-refractivity contribution in [2.45, 2.75) is 19.4 Å². The van der Waals surface area contributed by atoms with Crippen molar-refractivity contribution in [3.63, 3.8) is 0 Å². The predicted octanol–water partition coefficient (Wildman–Crippen LogP) is -0.351. The first-order chi connectivity index (χ1) is 8.00. The van der Waals surface area contributed by atoms with Crippen LogP contribution in [0.1, 0.15) is 13.8 Å². The maximum Gasteiger partial charge on any atom is 0.416 e. The van der Waals surface area contributed by atoms with Crippen LogP contribution < -0.4 is 5.32 Å². The van der Waals surface area contributed by atoms with Crippen molar-refractivity contribution in [1.29, 1.82) is 0 Å². The molecule has 6 heteroatoms. The Labute approximate surface area is 101 Å². The largest absolute Gasteiger partial charge is 0.447 e. The van der Waals surface area contributed by atoms with Crippen LogP contribution in [0.2, 0.25) is 0 Å². The molecule has 0 unspecified atom stereocenters. The Morgan fingerprint density at radius 2 is 2.24 bits per heavy atom. The van der Waals surface area contributed by atoms with Gasteiger partial charge in [0.05, 0.1) is 13.1 Å². The van der Waals surface area contributed by atoms with Crippen LogP contribution in [-0.4, -0.2) is 66.7 Å². The molecule has 0 atom stereocenters. The van der Waals surface area contributed by atoms with Crippen LogP contribution in [-0.2, 0) is 9.53 Å². The average molecular weight is 241 g/mol. The van der Waals surface area contributed by atoms with Gasteiger partial charge in [-0.3, -0.25) is 9.69 Å². The standard InChI is InChI=1S/C11H19N3O3/c1-11(2)8-12-3-4-13(11)7-9(15)14-5-6-17-10(14)16/h12H,3-8H2,1-2H3. The number of piperazine rings is 1. The van der Waals surface area contributed by atoms with Crippen LogP contribution in [0.5, 0.6) is 0 Å². The van der Waals surface area contributed by atoms with Crippen molar-refractivity contribution in [2.75, 3.05) is 39.3 Å². The normalized spacial score (nSPS) is 24.8. The van der Waals surface area contributed by atoms with E-state index in [0.29, 0.717) is 13.2 Å². The molecule has 2 aliphatic rings. The number of rotatable bonds is 2. The first-order valence-electron chi connectivity index (χ1n) is 5.93. The summed E-state index contributed by atoms with van der Waals surface area (Å²) in [5, 5.41) is 3.30. The summed E-state index contributed by atoms with van der Waals surface area (Å²) >= 11 is 0. The molecule has 0 aliphatic carbocycles. The highest BCUT2D eigenvalue weighted by Gasteiger charge is 2.35. The van der Waals surface area contributed by atoms with Crippen molar-refractivity contribution in [3.8, 4) is 0 Å². The van der Waals surface area contributed by atoms with Crippen molar-refractivity contribution < 1.29 is 14.3 Å². The summed E-state index contributed by atoms with van der Waals surface area (Å²) in [6.07, 6.45) is -0.511. The van der Waals surface area contributed by atoms with E-state index in [9.17, 15) is 9.59 Å². The van der Waals surface area contributed by atoms with Gasteiger partial charge in [0.2, 0.25) is 5.91 Å². The van der Waals surface area contributed by atoms with Gasteiger partial charge in [-0.25, -0.2) is 9.69 Å². The lowest BCUT2D eigenvalue weighted by atomic mass is 10.0. The number of nitrogens with zero attached hydrogens (tertiary/aromatic N) is 2. The molecule has 0 aromatic rings. The molecule has 2 heterocycles. The molecule has 2 rings (SSSR count). The molecule has 0 aromatic carbocycles. The third kappa shape index (κ3) is 2.58. The molecule has 17 heavy (non-hydrogen) atoms. The molecule has 2 amide bonds. The maximum absolute atomic E-state index is 12.0. The summed E-state index contributed by atoms with van der Waals surface area (Å²) < 4.78 is 4.76. The number of ether oxygens (including phenoxy) is 1. The van der Waals surface area contributed by atoms with Gasteiger partial charge in [0.15, 0.2) is 0 Å². The third-order valence-electron chi connectivity index (χ3n) is 3.36. The average Bonchev–Trinajstić information content (AvgIpc) is 2.67. The molecule has 2 fully saturated rings. The molecular formula is C11H19N3O3. The highest BCUT2D eigenvalue weighted by Crippen LogP contribution is 2.16. The van der Waals surface area contributed by atoms with Crippen LogP contribution in [0.15, 0.2) is 0 Å². The first-order valence-corrected chi connectivity index (χ1v) is 5.93. The summed E-state index contributed by atoms with van der Waals surface area (Å²) in [5.41, 5.74) is -0.0580. The lowest BCUT2D eigenvalue weighted by Gasteiger charge is -2.42. The minimum Gasteiger partial charge on any atom is -0.447 e. The number of nitrogens with one attached hydrogen (secondary N) is 1. The number of carbonyl (C=O) groups excluding carboxylic acids is 2. The second-order valence-electron chi connectivity index (χ2n) is 5.07. The van der Waals surface area contributed by atoms with E-state index in [-0.39, 0.29) is 18.0 Å². The molecule has 2 saturated heterocycles. The predicted molar refractivity (Wildman–Crippen MR) is 61.6 cm³/mol. The topological polar surface area (TPSA) is 61.9 Å². The highest BCUT2D eigenvalue weighted by molar-refractivity contribution is 5.94. The van der Waals surface area contributed by atoms with E-state index in [1.807, 2.05) is 0 Å². The maximum atomic E-state index is 12.0. The van der Waals surface area contributed by atoms with Gasteiger partial charge in [0.25, 0.3) is 0 Å².